The highest BCUT2D eigenvalue weighted by atomic mass is 16.5. The van der Waals surface area contributed by atoms with E-state index in [4.69, 9.17) is 9.26 Å². The van der Waals surface area contributed by atoms with Gasteiger partial charge in [0.15, 0.2) is 0 Å². The van der Waals surface area contributed by atoms with Crippen molar-refractivity contribution in [3.8, 4) is 0 Å². The standard InChI is InChI=1S/C15H22N2O5/c1-9(2)8-21-12-5-13(15(19)20)17(7-12)14(18)6-11-4-10(3)16-22-11/h4,9,12-13H,5-8H2,1-3H3,(H,19,20)/t12-,13+/m1/s1. The van der Waals surface area contributed by atoms with Crippen LogP contribution in [0.25, 0.3) is 0 Å². The SMILES string of the molecule is Cc1cc(CC(=O)N2C[C@H](OCC(C)C)C[C@H]2C(=O)O)on1. The lowest BCUT2D eigenvalue weighted by atomic mass is 10.2. The summed E-state index contributed by atoms with van der Waals surface area (Å²) in [5.74, 6) is -0.472. The van der Waals surface area contributed by atoms with E-state index in [1.165, 1.54) is 4.90 Å². The molecule has 0 aromatic carbocycles. The first kappa shape index (κ1) is 16.5. The van der Waals surface area contributed by atoms with Gasteiger partial charge in [-0.15, -0.1) is 0 Å². The van der Waals surface area contributed by atoms with Crippen molar-refractivity contribution in [3.05, 3.63) is 17.5 Å². The zero-order chi connectivity index (χ0) is 16.3. The molecule has 1 fully saturated rings. The Balaban J connectivity index is 2.00. The molecule has 1 aromatic heterocycles. The van der Waals surface area contributed by atoms with E-state index in [9.17, 15) is 14.7 Å². The first-order chi connectivity index (χ1) is 10.4. The molecule has 1 saturated heterocycles. The molecule has 122 valence electrons. The summed E-state index contributed by atoms with van der Waals surface area (Å²) in [5, 5.41) is 13.0. The average molecular weight is 310 g/mol. The third-order valence-electron chi connectivity index (χ3n) is 3.54. The van der Waals surface area contributed by atoms with Crippen LogP contribution in [0.15, 0.2) is 10.6 Å². The molecule has 0 bridgehead atoms. The Kier molecular flexibility index (Phi) is 5.18. The monoisotopic (exact) mass is 310 g/mol. The van der Waals surface area contributed by atoms with Crippen molar-refractivity contribution >= 4 is 11.9 Å². The molecule has 1 amide bonds. The van der Waals surface area contributed by atoms with E-state index in [0.29, 0.717) is 36.9 Å². The Morgan fingerprint density at radius 3 is 2.82 bits per heavy atom. The van der Waals surface area contributed by atoms with E-state index in [1.54, 1.807) is 13.0 Å². The number of rotatable bonds is 6. The Morgan fingerprint density at radius 1 is 1.55 bits per heavy atom. The summed E-state index contributed by atoms with van der Waals surface area (Å²) in [7, 11) is 0. The Hall–Kier alpha value is -1.89. The van der Waals surface area contributed by atoms with Crippen LogP contribution in [0.3, 0.4) is 0 Å². The highest BCUT2D eigenvalue weighted by Gasteiger charge is 2.40. The van der Waals surface area contributed by atoms with Gasteiger partial charge < -0.3 is 19.3 Å². The van der Waals surface area contributed by atoms with Gasteiger partial charge in [-0.1, -0.05) is 19.0 Å². The number of hydrogen-bond acceptors (Lipinski definition) is 5. The van der Waals surface area contributed by atoms with E-state index >= 15 is 0 Å². The lowest BCUT2D eigenvalue weighted by Crippen LogP contribution is -2.41. The van der Waals surface area contributed by atoms with Crippen molar-refractivity contribution in [2.24, 2.45) is 5.92 Å². The van der Waals surface area contributed by atoms with Crippen molar-refractivity contribution in [2.45, 2.75) is 45.8 Å². The van der Waals surface area contributed by atoms with Crippen LogP contribution >= 0.6 is 0 Å². The van der Waals surface area contributed by atoms with Crippen molar-refractivity contribution < 1.29 is 24.0 Å². The summed E-state index contributed by atoms with van der Waals surface area (Å²) in [5.41, 5.74) is 0.692. The number of carbonyl (C=O) groups excluding carboxylic acids is 1. The number of hydrogen-bond donors (Lipinski definition) is 1. The second-order valence-electron chi connectivity index (χ2n) is 6.10. The third-order valence-corrected chi connectivity index (χ3v) is 3.54. The fourth-order valence-electron chi connectivity index (χ4n) is 2.51. The molecule has 7 nitrogen and oxygen atoms in total. The predicted molar refractivity (Wildman–Crippen MR) is 77.3 cm³/mol. The molecule has 2 heterocycles. The number of carboxylic acids is 1. The van der Waals surface area contributed by atoms with Gasteiger partial charge >= 0.3 is 5.97 Å². The molecule has 2 rings (SSSR count). The quantitative estimate of drug-likeness (QED) is 0.850. The summed E-state index contributed by atoms with van der Waals surface area (Å²) in [6.45, 7) is 6.68. The van der Waals surface area contributed by atoms with Crippen LogP contribution in [0, 0.1) is 12.8 Å². The van der Waals surface area contributed by atoms with Gasteiger partial charge in [0, 0.05) is 25.6 Å². The summed E-state index contributed by atoms with van der Waals surface area (Å²) in [6, 6.07) is 0.838. The van der Waals surface area contributed by atoms with Gasteiger partial charge in [-0.2, -0.15) is 0 Å². The van der Waals surface area contributed by atoms with Gasteiger partial charge in [0.25, 0.3) is 0 Å². The van der Waals surface area contributed by atoms with E-state index in [0.717, 1.165) is 0 Å². The maximum atomic E-state index is 12.3. The number of aromatic nitrogens is 1. The third kappa shape index (κ3) is 4.07. The summed E-state index contributed by atoms with van der Waals surface area (Å²) in [4.78, 5) is 25.1. The first-order valence-corrected chi connectivity index (χ1v) is 7.43. The van der Waals surface area contributed by atoms with Gasteiger partial charge in [0.05, 0.1) is 18.2 Å². The van der Waals surface area contributed by atoms with E-state index in [1.807, 2.05) is 13.8 Å². The minimum Gasteiger partial charge on any atom is -0.480 e. The molecular formula is C15H22N2O5. The van der Waals surface area contributed by atoms with Crippen LogP contribution in [0.5, 0.6) is 0 Å². The molecule has 0 unspecified atom stereocenters. The minimum atomic E-state index is -1.00. The minimum absolute atomic E-state index is 0.0154. The second kappa shape index (κ2) is 6.91. The molecule has 0 aliphatic carbocycles. The molecule has 1 N–H and O–H groups in total. The zero-order valence-corrected chi connectivity index (χ0v) is 13.1. The summed E-state index contributed by atoms with van der Waals surface area (Å²) < 4.78 is 10.7. The highest BCUT2D eigenvalue weighted by Crippen LogP contribution is 2.22. The molecule has 1 aliphatic heterocycles. The van der Waals surface area contributed by atoms with Gasteiger partial charge in [0.2, 0.25) is 5.91 Å². The highest BCUT2D eigenvalue weighted by molar-refractivity contribution is 5.85. The fraction of sp³-hybridized carbons (Fsp3) is 0.667. The van der Waals surface area contributed by atoms with Crippen molar-refractivity contribution in [1.82, 2.24) is 10.1 Å². The van der Waals surface area contributed by atoms with Crippen molar-refractivity contribution in [2.75, 3.05) is 13.2 Å². The fourth-order valence-corrected chi connectivity index (χ4v) is 2.51. The first-order valence-electron chi connectivity index (χ1n) is 7.43. The van der Waals surface area contributed by atoms with Gasteiger partial charge in [-0.05, 0) is 12.8 Å². The Bertz CT molecular complexity index is 540. The largest absolute Gasteiger partial charge is 0.480 e. The van der Waals surface area contributed by atoms with Crippen LogP contribution in [0.2, 0.25) is 0 Å². The number of carboxylic acid groups (broad SMARTS) is 1. The number of amides is 1. The molecule has 2 atom stereocenters. The van der Waals surface area contributed by atoms with Crippen LogP contribution in [-0.4, -0.2) is 52.3 Å². The molecule has 0 radical (unpaired) electrons. The summed E-state index contributed by atoms with van der Waals surface area (Å²) in [6.07, 6.45) is 0.106. The maximum absolute atomic E-state index is 12.3. The predicted octanol–water partition coefficient (Wildman–Crippen LogP) is 1.25. The Morgan fingerprint density at radius 2 is 2.27 bits per heavy atom. The van der Waals surface area contributed by atoms with Crippen molar-refractivity contribution in [1.29, 1.82) is 0 Å². The van der Waals surface area contributed by atoms with Crippen LogP contribution in [0.1, 0.15) is 31.7 Å². The zero-order valence-electron chi connectivity index (χ0n) is 13.1. The Labute approximate surface area is 129 Å². The average Bonchev–Trinajstić information content (AvgIpc) is 3.03. The molecule has 1 aromatic rings. The molecule has 22 heavy (non-hydrogen) atoms. The normalized spacial score (nSPS) is 21.5. The van der Waals surface area contributed by atoms with Crippen LogP contribution < -0.4 is 0 Å². The van der Waals surface area contributed by atoms with E-state index in [2.05, 4.69) is 5.16 Å². The van der Waals surface area contributed by atoms with Gasteiger partial charge in [0.1, 0.15) is 11.8 Å². The van der Waals surface area contributed by atoms with E-state index in [-0.39, 0.29) is 18.4 Å². The maximum Gasteiger partial charge on any atom is 0.326 e. The molecule has 1 aliphatic rings. The lowest BCUT2D eigenvalue weighted by Gasteiger charge is -2.20. The number of aliphatic carboxylic acids is 1. The topological polar surface area (TPSA) is 92.9 Å². The van der Waals surface area contributed by atoms with Crippen LogP contribution in [0.4, 0.5) is 0 Å². The number of ether oxygens (including phenoxy) is 1. The van der Waals surface area contributed by atoms with Gasteiger partial charge in [-0.25, -0.2) is 4.79 Å². The lowest BCUT2D eigenvalue weighted by molar-refractivity contribution is -0.148. The smallest absolute Gasteiger partial charge is 0.326 e. The van der Waals surface area contributed by atoms with Gasteiger partial charge in [-0.3, -0.25) is 4.79 Å². The number of nitrogens with zero attached hydrogens (tertiary/aromatic N) is 2. The molecule has 7 heteroatoms. The number of aryl methyl sites for hydroxylation is 1. The van der Waals surface area contributed by atoms with Crippen molar-refractivity contribution in [3.63, 3.8) is 0 Å². The summed E-state index contributed by atoms with van der Waals surface area (Å²) >= 11 is 0. The molecular weight excluding hydrogens is 288 g/mol. The van der Waals surface area contributed by atoms with E-state index < -0.39 is 12.0 Å². The number of likely N-dealkylation sites (tertiary alicyclic amines) is 1. The molecule has 0 spiro atoms. The molecule has 0 saturated carbocycles. The van der Waals surface area contributed by atoms with Crippen LogP contribution in [-0.2, 0) is 20.7 Å². The number of carbonyl (C=O) groups is 2. The second-order valence-corrected chi connectivity index (χ2v) is 6.10.